The summed E-state index contributed by atoms with van der Waals surface area (Å²) in [6.45, 7) is 4.16. The molecule has 0 aliphatic heterocycles. The zero-order valence-electron chi connectivity index (χ0n) is 11.7. The van der Waals surface area contributed by atoms with Crippen LogP contribution < -0.4 is 5.32 Å². The van der Waals surface area contributed by atoms with Gasteiger partial charge in [0, 0.05) is 16.3 Å². The predicted molar refractivity (Wildman–Crippen MR) is 82.5 cm³/mol. The smallest absolute Gasteiger partial charge is 0.261 e. The van der Waals surface area contributed by atoms with Crippen molar-refractivity contribution >= 4 is 28.8 Å². The summed E-state index contributed by atoms with van der Waals surface area (Å²) in [4.78, 5) is 14.6. The highest BCUT2D eigenvalue weighted by Gasteiger charge is 2.25. The van der Waals surface area contributed by atoms with Crippen LogP contribution in [0.2, 0.25) is 0 Å². The van der Waals surface area contributed by atoms with Gasteiger partial charge < -0.3 is 5.32 Å². The van der Waals surface area contributed by atoms with E-state index < -0.39 is 0 Å². The van der Waals surface area contributed by atoms with Crippen molar-refractivity contribution in [2.24, 2.45) is 0 Å². The molecule has 1 heterocycles. The molecule has 2 nitrogen and oxygen atoms in total. The van der Waals surface area contributed by atoms with Gasteiger partial charge in [0.1, 0.15) is 0 Å². The van der Waals surface area contributed by atoms with Crippen LogP contribution in [0.5, 0.6) is 0 Å². The normalized spacial score (nSPS) is 17.6. The maximum Gasteiger partial charge on any atom is 0.261 e. The molecule has 4 heteroatoms. The summed E-state index contributed by atoms with van der Waals surface area (Å²) in [6, 6.07) is 2.09. The quantitative estimate of drug-likeness (QED) is 0.813. The number of thiophene rings is 1. The first-order valence-electron chi connectivity index (χ1n) is 7.08. The number of aryl methyl sites for hydroxylation is 2. The van der Waals surface area contributed by atoms with Crippen LogP contribution in [0.1, 0.15) is 59.6 Å². The Morgan fingerprint density at radius 1 is 1.47 bits per heavy atom. The molecule has 0 saturated carbocycles. The van der Waals surface area contributed by atoms with Crippen LogP contribution in [0.15, 0.2) is 6.07 Å². The van der Waals surface area contributed by atoms with Gasteiger partial charge in [-0.25, -0.2) is 0 Å². The molecule has 0 saturated heterocycles. The third kappa shape index (κ3) is 3.51. The van der Waals surface area contributed by atoms with E-state index in [9.17, 15) is 4.79 Å². The van der Waals surface area contributed by atoms with E-state index in [1.807, 2.05) is 0 Å². The van der Waals surface area contributed by atoms with Gasteiger partial charge in [0.25, 0.3) is 5.91 Å². The number of carbonyl (C=O) groups is 1. The molecule has 1 aromatic rings. The number of rotatable bonds is 5. The fraction of sp³-hybridized carbons (Fsp3) is 0.667. The second-order valence-corrected chi connectivity index (χ2v) is 7.09. The first kappa shape index (κ1) is 14.9. The van der Waals surface area contributed by atoms with Crippen molar-refractivity contribution in [3.05, 3.63) is 21.4 Å². The fourth-order valence-corrected chi connectivity index (χ4v) is 4.04. The van der Waals surface area contributed by atoms with Crippen LogP contribution >= 0.6 is 22.9 Å². The minimum atomic E-state index is -0.191. The van der Waals surface area contributed by atoms with Crippen molar-refractivity contribution in [1.82, 2.24) is 5.32 Å². The first-order valence-corrected chi connectivity index (χ1v) is 8.43. The van der Waals surface area contributed by atoms with Crippen LogP contribution in [-0.2, 0) is 12.8 Å². The van der Waals surface area contributed by atoms with E-state index in [2.05, 4.69) is 25.2 Å². The fourth-order valence-electron chi connectivity index (χ4n) is 2.47. The summed E-state index contributed by atoms with van der Waals surface area (Å²) < 4.78 is 0. The summed E-state index contributed by atoms with van der Waals surface area (Å²) in [5, 5.41) is 3.16. The Morgan fingerprint density at radius 2 is 2.21 bits per heavy atom. The maximum absolute atomic E-state index is 12.4. The Balaban J connectivity index is 2.09. The molecular weight excluding hydrogens is 278 g/mol. The van der Waals surface area contributed by atoms with Gasteiger partial charge in [0.05, 0.1) is 4.88 Å². The van der Waals surface area contributed by atoms with Crippen molar-refractivity contribution < 1.29 is 4.79 Å². The van der Waals surface area contributed by atoms with Gasteiger partial charge >= 0.3 is 0 Å². The number of halogens is 1. The van der Waals surface area contributed by atoms with E-state index >= 15 is 0 Å². The molecule has 1 unspecified atom stereocenters. The van der Waals surface area contributed by atoms with Crippen molar-refractivity contribution in [1.29, 1.82) is 0 Å². The zero-order valence-corrected chi connectivity index (χ0v) is 13.3. The lowest BCUT2D eigenvalue weighted by Gasteiger charge is -2.28. The molecule has 19 heavy (non-hydrogen) atoms. The topological polar surface area (TPSA) is 29.1 Å². The molecular formula is C15H22ClNOS. The van der Waals surface area contributed by atoms with E-state index in [1.54, 1.807) is 11.3 Å². The highest BCUT2D eigenvalue weighted by molar-refractivity contribution is 7.14. The van der Waals surface area contributed by atoms with Gasteiger partial charge in [-0.3, -0.25) is 4.79 Å². The molecule has 0 radical (unpaired) electrons. The SMILES string of the molecule is CCC(C)(CCCl)NC(=O)c1cc2c(s1)CCCC2. The van der Waals surface area contributed by atoms with Gasteiger partial charge in [-0.2, -0.15) is 0 Å². The van der Waals surface area contributed by atoms with E-state index in [4.69, 9.17) is 11.6 Å². The third-order valence-corrected chi connectivity index (χ3v) is 5.49. The van der Waals surface area contributed by atoms with Crippen LogP contribution in [0.3, 0.4) is 0 Å². The van der Waals surface area contributed by atoms with Crippen LogP contribution in [0.4, 0.5) is 0 Å². The number of nitrogens with one attached hydrogen (secondary N) is 1. The van der Waals surface area contributed by atoms with Gasteiger partial charge in [-0.1, -0.05) is 6.92 Å². The largest absolute Gasteiger partial charge is 0.346 e. The van der Waals surface area contributed by atoms with Crippen molar-refractivity contribution in [2.75, 3.05) is 5.88 Å². The number of carbonyl (C=O) groups excluding carboxylic acids is 1. The van der Waals surface area contributed by atoms with Crippen LogP contribution in [0.25, 0.3) is 0 Å². The highest BCUT2D eigenvalue weighted by Crippen LogP contribution is 2.30. The van der Waals surface area contributed by atoms with Crippen LogP contribution in [0, 0.1) is 0 Å². The molecule has 1 N–H and O–H groups in total. The summed E-state index contributed by atoms with van der Waals surface area (Å²) >= 11 is 7.50. The van der Waals surface area contributed by atoms with Gasteiger partial charge in [-0.05, 0) is 57.1 Å². The number of alkyl halides is 1. The Labute approximate surface area is 124 Å². The van der Waals surface area contributed by atoms with E-state index in [1.165, 1.54) is 23.3 Å². The average molecular weight is 300 g/mol. The van der Waals surface area contributed by atoms with Gasteiger partial charge in [-0.15, -0.1) is 22.9 Å². The summed E-state index contributed by atoms with van der Waals surface area (Å²) in [6.07, 6.45) is 6.49. The minimum Gasteiger partial charge on any atom is -0.346 e. The third-order valence-electron chi connectivity index (χ3n) is 4.06. The second kappa shape index (κ2) is 6.27. The number of hydrogen-bond acceptors (Lipinski definition) is 2. The molecule has 0 fully saturated rings. The summed E-state index contributed by atoms with van der Waals surface area (Å²) in [5.41, 5.74) is 1.19. The molecule has 2 rings (SSSR count). The first-order chi connectivity index (χ1) is 9.08. The lowest BCUT2D eigenvalue weighted by molar-refractivity contribution is 0.0905. The highest BCUT2D eigenvalue weighted by atomic mass is 35.5. The Bertz CT molecular complexity index is 433. The van der Waals surface area contributed by atoms with Crippen LogP contribution in [-0.4, -0.2) is 17.3 Å². The second-order valence-electron chi connectivity index (χ2n) is 5.57. The molecule has 1 aromatic heterocycles. The molecule has 0 aromatic carbocycles. The molecule has 1 aliphatic carbocycles. The number of amides is 1. The Kier molecular flexibility index (Phi) is 4.91. The van der Waals surface area contributed by atoms with Gasteiger partial charge in [0.2, 0.25) is 0 Å². The predicted octanol–water partition coefficient (Wildman–Crippen LogP) is 4.15. The van der Waals surface area contributed by atoms with Crippen molar-refractivity contribution in [2.45, 2.75) is 57.9 Å². The molecule has 1 aliphatic rings. The Hall–Kier alpha value is -0.540. The van der Waals surface area contributed by atoms with Gasteiger partial charge in [0.15, 0.2) is 0 Å². The standard InChI is InChI=1S/C15H22ClNOS/c1-3-15(2,8-9-16)17-14(18)13-10-11-6-4-5-7-12(11)19-13/h10H,3-9H2,1-2H3,(H,17,18). The number of hydrogen-bond donors (Lipinski definition) is 1. The van der Waals surface area contributed by atoms with E-state index in [0.29, 0.717) is 5.88 Å². The molecule has 1 amide bonds. The monoisotopic (exact) mass is 299 g/mol. The minimum absolute atomic E-state index is 0.0638. The summed E-state index contributed by atoms with van der Waals surface area (Å²) in [7, 11) is 0. The lowest BCUT2D eigenvalue weighted by atomic mass is 9.95. The maximum atomic E-state index is 12.4. The molecule has 0 bridgehead atoms. The molecule has 106 valence electrons. The van der Waals surface area contributed by atoms with E-state index in [0.717, 1.165) is 30.6 Å². The molecule has 1 atom stereocenters. The molecule has 0 spiro atoms. The number of fused-ring (bicyclic) bond motifs is 1. The Morgan fingerprint density at radius 3 is 2.84 bits per heavy atom. The van der Waals surface area contributed by atoms with Crippen molar-refractivity contribution in [3.8, 4) is 0 Å². The summed E-state index contributed by atoms with van der Waals surface area (Å²) in [5.74, 6) is 0.639. The van der Waals surface area contributed by atoms with E-state index in [-0.39, 0.29) is 11.4 Å². The zero-order chi connectivity index (χ0) is 13.9. The average Bonchev–Trinajstić information content (AvgIpc) is 2.83. The lowest BCUT2D eigenvalue weighted by Crippen LogP contribution is -2.45. The van der Waals surface area contributed by atoms with Crippen molar-refractivity contribution in [3.63, 3.8) is 0 Å².